The molecule has 1 nitrogen and oxygen atoms in total. The second kappa shape index (κ2) is 10.8. The number of hydrogen-bond acceptors (Lipinski definition) is 1. The molecule has 30 heavy (non-hydrogen) atoms. The van der Waals surface area contributed by atoms with Crippen LogP contribution in [0.15, 0.2) is 24.3 Å². The zero-order chi connectivity index (χ0) is 20.8. The minimum Gasteiger partial charge on any atom is -0.198 e. The van der Waals surface area contributed by atoms with Crippen molar-refractivity contribution < 1.29 is 0 Å². The van der Waals surface area contributed by atoms with Crippen LogP contribution in [0.2, 0.25) is 0 Å². The Morgan fingerprint density at radius 3 is 1.83 bits per heavy atom. The molecule has 0 N–H and O–H groups in total. The Morgan fingerprint density at radius 2 is 1.30 bits per heavy atom. The summed E-state index contributed by atoms with van der Waals surface area (Å²) in [5.41, 5.74) is 3.04. The number of hydrogen-bond donors (Lipinski definition) is 0. The Labute approximate surface area is 185 Å². The molecule has 1 aromatic rings. The smallest absolute Gasteiger partial charge is 0.0655 e. The van der Waals surface area contributed by atoms with Crippen LogP contribution in [0.3, 0.4) is 0 Å². The Morgan fingerprint density at radius 1 is 0.733 bits per heavy atom. The van der Waals surface area contributed by atoms with Crippen molar-refractivity contribution >= 4 is 0 Å². The molecule has 164 valence electrons. The molecule has 0 radical (unpaired) electrons. The van der Waals surface area contributed by atoms with E-state index in [1.54, 1.807) is 0 Å². The third-order valence-electron chi connectivity index (χ3n) is 9.23. The molecule has 0 atom stereocenters. The van der Waals surface area contributed by atoms with E-state index in [4.69, 9.17) is 5.26 Å². The van der Waals surface area contributed by atoms with Crippen LogP contribution >= 0.6 is 0 Å². The first kappa shape index (κ1) is 21.9. The largest absolute Gasteiger partial charge is 0.198 e. The van der Waals surface area contributed by atoms with E-state index in [-0.39, 0.29) is 0 Å². The first-order valence-electron chi connectivity index (χ1n) is 13.2. The second-order valence-electron chi connectivity index (χ2n) is 10.9. The highest BCUT2D eigenvalue weighted by atomic mass is 14.4. The summed E-state index contributed by atoms with van der Waals surface area (Å²) in [6.45, 7) is 2.38. The summed E-state index contributed by atoms with van der Waals surface area (Å²) >= 11 is 0. The highest BCUT2D eigenvalue weighted by molar-refractivity contribution is 5.26. The maximum atomic E-state index is 9.10. The highest BCUT2D eigenvalue weighted by Crippen LogP contribution is 2.42. The van der Waals surface area contributed by atoms with E-state index in [0.29, 0.717) is 11.8 Å². The van der Waals surface area contributed by atoms with Crippen molar-refractivity contribution in [1.29, 1.82) is 5.26 Å². The predicted octanol–water partition coefficient (Wildman–Crippen LogP) is 8.44. The van der Waals surface area contributed by atoms with Crippen molar-refractivity contribution in [3.8, 4) is 6.07 Å². The molecule has 0 saturated heterocycles. The zero-order valence-electron chi connectivity index (χ0n) is 19.3. The summed E-state index contributed by atoms with van der Waals surface area (Å²) in [7, 11) is 0. The van der Waals surface area contributed by atoms with Crippen molar-refractivity contribution in [3.05, 3.63) is 35.4 Å². The van der Waals surface area contributed by atoms with Gasteiger partial charge in [0.15, 0.2) is 0 Å². The van der Waals surface area contributed by atoms with Gasteiger partial charge in [0, 0.05) is 5.92 Å². The van der Waals surface area contributed by atoms with E-state index in [0.717, 1.165) is 36.5 Å². The van der Waals surface area contributed by atoms with E-state index < -0.39 is 0 Å². The third kappa shape index (κ3) is 5.69. The normalized spacial score (nSPS) is 34.9. The molecule has 0 heterocycles. The van der Waals surface area contributed by atoms with E-state index >= 15 is 0 Å². The van der Waals surface area contributed by atoms with Crippen LogP contribution in [0, 0.1) is 40.9 Å². The number of nitriles is 1. The number of aryl methyl sites for hydroxylation is 1. The summed E-state index contributed by atoms with van der Waals surface area (Å²) in [6.07, 6.45) is 20.7. The minimum atomic E-state index is 0.307. The average Bonchev–Trinajstić information content (AvgIpc) is 2.83. The van der Waals surface area contributed by atoms with Gasteiger partial charge in [-0.2, -0.15) is 5.26 Å². The van der Waals surface area contributed by atoms with E-state index in [2.05, 4.69) is 37.3 Å². The fraction of sp³-hybridized carbons (Fsp3) is 0.759. The topological polar surface area (TPSA) is 23.8 Å². The molecule has 0 amide bonds. The Hall–Kier alpha value is -1.29. The van der Waals surface area contributed by atoms with Gasteiger partial charge in [0.1, 0.15) is 0 Å². The highest BCUT2D eigenvalue weighted by Gasteiger charge is 2.30. The summed E-state index contributed by atoms with van der Waals surface area (Å²) < 4.78 is 0. The van der Waals surface area contributed by atoms with Crippen LogP contribution in [0.4, 0.5) is 0 Å². The van der Waals surface area contributed by atoms with Gasteiger partial charge in [-0.3, -0.25) is 0 Å². The number of nitrogens with zero attached hydrogens (tertiary/aromatic N) is 1. The lowest BCUT2D eigenvalue weighted by Gasteiger charge is -2.37. The summed E-state index contributed by atoms with van der Waals surface area (Å²) in [4.78, 5) is 0. The Kier molecular flexibility index (Phi) is 7.92. The van der Waals surface area contributed by atoms with Gasteiger partial charge >= 0.3 is 0 Å². The first-order chi connectivity index (χ1) is 14.7. The third-order valence-corrected chi connectivity index (χ3v) is 9.23. The molecule has 3 aliphatic carbocycles. The monoisotopic (exact) mass is 405 g/mol. The SMILES string of the molecule is CCC1CCC(C2CCC(CCc3ccc(C4CCC(C#N)CC4)cc3)CC2)CC1. The molecular formula is C29H43N. The molecule has 1 aromatic carbocycles. The molecule has 0 spiro atoms. The van der Waals surface area contributed by atoms with Crippen LogP contribution in [0.5, 0.6) is 0 Å². The Balaban J connectivity index is 1.17. The molecular weight excluding hydrogens is 362 g/mol. The van der Waals surface area contributed by atoms with Crippen LogP contribution < -0.4 is 0 Å². The van der Waals surface area contributed by atoms with Gasteiger partial charge in [-0.05, 0) is 105 Å². The van der Waals surface area contributed by atoms with Crippen molar-refractivity contribution in [2.45, 2.75) is 109 Å². The molecule has 4 rings (SSSR count). The van der Waals surface area contributed by atoms with Crippen molar-refractivity contribution in [1.82, 2.24) is 0 Å². The standard InChI is InChI=1S/C29H43N/c1-2-22-5-13-26(14-6-22)27-15-7-23(8-16-27)3-4-24-9-17-28(18-10-24)29-19-11-25(21-30)12-20-29/h9-10,17-18,22-23,25-27,29H,2-8,11-16,19-20H2,1H3. The second-order valence-corrected chi connectivity index (χ2v) is 10.9. The maximum Gasteiger partial charge on any atom is 0.0655 e. The van der Waals surface area contributed by atoms with Crippen molar-refractivity contribution in [2.24, 2.45) is 29.6 Å². The van der Waals surface area contributed by atoms with Crippen molar-refractivity contribution in [3.63, 3.8) is 0 Å². The van der Waals surface area contributed by atoms with Gasteiger partial charge in [0.05, 0.1) is 6.07 Å². The predicted molar refractivity (Wildman–Crippen MR) is 126 cm³/mol. The molecule has 0 aliphatic heterocycles. The Bertz CT molecular complexity index is 659. The molecule has 0 unspecified atom stereocenters. The van der Waals surface area contributed by atoms with E-state index in [9.17, 15) is 0 Å². The van der Waals surface area contributed by atoms with E-state index in [1.807, 2.05) is 0 Å². The summed E-state index contributed by atoms with van der Waals surface area (Å²) in [5, 5.41) is 9.10. The summed E-state index contributed by atoms with van der Waals surface area (Å²) in [5.74, 6) is 5.11. The minimum absolute atomic E-state index is 0.307. The quantitative estimate of drug-likeness (QED) is 0.466. The van der Waals surface area contributed by atoms with Crippen LogP contribution in [0.1, 0.15) is 114 Å². The lowest BCUT2D eigenvalue weighted by Crippen LogP contribution is -2.25. The van der Waals surface area contributed by atoms with Gasteiger partial charge in [0.2, 0.25) is 0 Å². The van der Waals surface area contributed by atoms with Crippen LogP contribution in [0.25, 0.3) is 0 Å². The van der Waals surface area contributed by atoms with Crippen LogP contribution in [-0.2, 0) is 6.42 Å². The number of rotatable bonds is 6. The van der Waals surface area contributed by atoms with Gasteiger partial charge in [-0.25, -0.2) is 0 Å². The lowest BCUT2D eigenvalue weighted by molar-refractivity contribution is 0.142. The molecule has 3 saturated carbocycles. The zero-order valence-corrected chi connectivity index (χ0v) is 19.3. The molecule has 0 aromatic heterocycles. The van der Waals surface area contributed by atoms with Crippen LogP contribution in [-0.4, -0.2) is 0 Å². The van der Waals surface area contributed by atoms with Gasteiger partial charge in [-0.1, -0.05) is 63.3 Å². The fourth-order valence-corrected chi connectivity index (χ4v) is 6.90. The molecule has 1 heteroatoms. The van der Waals surface area contributed by atoms with Gasteiger partial charge in [0.25, 0.3) is 0 Å². The molecule has 3 fully saturated rings. The lowest BCUT2D eigenvalue weighted by atomic mass is 9.68. The maximum absolute atomic E-state index is 9.10. The molecule has 3 aliphatic rings. The first-order valence-corrected chi connectivity index (χ1v) is 13.2. The fourth-order valence-electron chi connectivity index (χ4n) is 6.90. The average molecular weight is 406 g/mol. The molecule has 0 bridgehead atoms. The van der Waals surface area contributed by atoms with Gasteiger partial charge < -0.3 is 0 Å². The van der Waals surface area contributed by atoms with E-state index in [1.165, 1.54) is 94.6 Å². The van der Waals surface area contributed by atoms with Gasteiger partial charge in [-0.15, -0.1) is 0 Å². The summed E-state index contributed by atoms with van der Waals surface area (Å²) in [6, 6.07) is 12.0. The van der Waals surface area contributed by atoms with Crippen molar-refractivity contribution in [2.75, 3.05) is 0 Å². The number of benzene rings is 1.